The van der Waals surface area contributed by atoms with Crippen molar-refractivity contribution in [1.82, 2.24) is 15.0 Å². The SMILES string of the molecule is O=C(CN1CCc2nocc2C1)N1CCCCC1. The third-order valence-corrected chi connectivity index (χ3v) is 3.85. The molecule has 5 nitrogen and oxygen atoms in total. The Morgan fingerprint density at radius 2 is 2.11 bits per heavy atom. The zero-order valence-corrected chi connectivity index (χ0v) is 10.6. The Bertz CT molecular complexity index is 424. The summed E-state index contributed by atoms with van der Waals surface area (Å²) in [6, 6.07) is 0. The van der Waals surface area contributed by atoms with Crippen molar-refractivity contribution >= 4 is 5.91 Å². The first-order chi connectivity index (χ1) is 8.83. The van der Waals surface area contributed by atoms with E-state index in [4.69, 9.17) is 4.52 Å². The summed E-state index contributed by atoms with van der Waals surface area (Å²) in [4.78, 5) is 16.4. The van der Waals surface area contributed by atoms with Gasteiger partial charge in [0, 0.05) is 38.2 Å². The predicted octanol–water partition coefficient (Wildman–Crippen LogP) is 1.05. The third kappa shape index (κ3) is 2.41. The number of hydrogen-bond donors (Lipinski definition) is 0. The summed E-state index contributed by atoms with van der Waals surface area (Å²) in [5.74, 6) is 0.273. The summed E-state index contributed by atoms with van der Waals surface area (Å²) in [6.07, 6.45) is 6.16. The molecule has 3 heterocycles. The van der Waals surface area contributed by atoms with Gasteiger partial charge < -0.3 is 9.42 Å². The molecule has 18 heavy (non-hydrogen) atoms. The van der Waals surface area contributed by atoms with E-state index in [0.717, 1.165) is 56.7 Å². The number of likely N-dealkylation sites (tertiary alicyclic amines) is 1. The van der Waals surface area contributed by atoms with Gasteiger partial charge in [-0.25, -0.2) is 0 Å². The molecule has 0 atom stereocenters. The maximum absolute atomic E-state index is 12.2. The van der Waals surface area contributed by atoms with Gasteiger partial charge in [-0.2, -0.15) is 0 Å². The standard InChI is InChI=1S/C13H19N3O2/c17-13(16-5-2-1-3-6-16)9-15-7-4-12-11(8-15)10-18-14-12/h10H,1-9H2. The number of fused-ring (bicyclic) bond motifs is 1. The van der Waals surface area contributed by atoms with Gasteiger partial charge in [-0.05, 0) is 19.3 Å². The molecular weight excluding hydrogens is 230 g/mol. The maximum atomic E-state index is 12.2. The highest BCUT2D eigenvalue weighted by atomic mass is 16.5. The maximum Gasteiger partial charge on any atom is 0.236 e. The number of hydrogen-bond acceptors (Lipinski definition) is 4. The van der Waals surface area contributed by atoms with Crippen LogP contribution in [0.25, 0.3) is 0 Å². The zero-order chi connectivity index (χ0) is 12.4. The van der Waals surface area contributed by atoms with E-state index in [1.165, 1.54) is 6.42 Å². The lowest BCUT2D eigenvalue weighted by Gasteiger charge is -2.31. The minimum Gasteiger partial charge on any atom is -0.364 e. The molecule has 5 heteroatoms. The van der Waals surface area contributed by atoms with Gasteiger partial charge in [-0.3, -0.25) is 9.69 Å². The zero-order valence-electron chi connectivity index (χ0n) is 10.6. The van der Waals surface area contributed by atoms with Crippen LogP contribution in [0.5, 0.6) is 0 Å². The van der Waals surface area contributed by atoms with E-state index >= 15 is 0 Å². The number of nitrogens with zero attached hydrogens (tertiary/aromatic N) is 3. The first kappa shape index (κ1) is 11.7. The number of amides is 1. The van der Waals surface area contributed by atoms with Crippen molar-refractivity contribution in [3.63, 3.8) is 0 Å². The van der Waals surface area contributed by atoms with Gasteiger partial charge in [-0.1, -0.05) is 5.16 Å². The lowest BCUT2D eigenvalue weighted by Crippen LogP contribution is -2.44. The van der Waals surface area contributed by atoms with E-state index in [1.807, 2.05) is 4.90 Å². The first-order valence-electron chi connectivity index (χ1n) is 6.75. The number of aromatic nitrogens is 1. The van der Waals surface area contributed by atoms with Crippen LogP contribution in [-0.2, 0) is 17.8 Å². The molecule has 1 fully saturated rings. The van der Waals surface area contributed by atoms with Crippen molar-refractivity contribution in [3.8, 4) is 0 Å². The smallest absolute Gasteiger partial charge is 0.236 e. The molecule has 98 valence electrons. The summed E-state index contributed by atoms with van der Waals surface area (Å²) in [6.45, 7) is 4.10. The number of carbonyl (C=O) groups excluding carboxylic acids is 1. The van der Waals surface area contributed by atoms with Gasteiger partial charge in [0.05, 0.1) is 12.2 Å². The molecule has 0 bridgehead atoms. The topological polar surface area (TPSA) is 49.6 Å². The highest BCUT2D eigenvalue weighted by Crippen LogP contribution is 2.17. The molecule has 0 saturated carbocycles. The van der Waals surface area contributed by atoms with Crippen LogP contribution in [0.4, 0.5) is 0 Å². The molecule has 0 aromatic carbocycles. The number of rotatable bonds is 2. The van der Waals surface area contributed by atoms with Crippen molar-refractivity contribution in [2.24, 2.45) is 0 Å². The average molecular weight is 249 g/mol. The predicted molar refractivity (Wildman–Crippen MR) is 65.9 cm³/mol. The molecule has 1 aromatic rings. The van der Waals surface area contributed by atoms with E-state index < -0.39 is 0 Å². The Morgan fingerprint density at radius 1 is 1.28 bits per heavy atom. The fraction of sp³-hybridized carbons (Fsp3) is 0.692. The summed E-state index contributed by atoms with van der Waals surface area (Å²) in [5, 5.41) is 3.96. The molecule has 1 aromatic heterocycles. The van der Waals surface area contributed by atoms with Crippen molar-refractivity contribution in [1.29, 1.82) is 0 Å². The van der Waals surface area contributed by atoms with E-state index in [0.29, 0.717) is 6.54 Å². The fourth-order valence-electron chi connectivity index (χ4n) is 2.77. The molecule has 0 spiro atoms. The summed E-state index contributed by atoms with van der Waals surface area (Å²) in [7, 11) is 0. The van der Waals surface area contributed by atoms with Gasteiger partial charge in [0.1, 0.15) is 6.26 Å². The second-order valence-electron chi connectivity index (χ2n) is 5.19. The van der Waals surface area contributed by atoms with Crippen molar-refractivity contribution in [2.75, 3.05) is 26.2 Å². The van der Waals surface area contributed by atoms with Gasteiger partial charge in [0.15, 0.2) is 0 Å². The Kier molecular flexibility index (Phi) is 3.32. The van der Waals surface area contributed by atoms with Crippen molar-refractivity contribution in [3.05, 3.63) is 17.5 Å². The van der Waals surface area contributed by atoms with Gasteiger partial charge in [0.25, 0.3) is 0 Å². The van der Waals surface area contributed by atoms with E-state index in [-0.39, 0.29) is 5.91 Å². The van der Waals surface area contributed by atoms with E-state index in [1.54, 1.807) is 6.26 Å². The molecular formula is C13H19N3O2. The monoisotopic (exact) mass is 249 g/mol. The first-order valence-corrected chi connectivity index (χ1v) is 6.75. The molecule has 0 aliphatic carbocycles. The van der Waals surface area contributed by atoms with Crippen LogP contribution in [0.15, 0.2) is 10.8 Å². The van der Waals surface area contributed by atoms with E-state index in [2.05, 4.69) is 10.1 Å². The molecule has 0 N–H and O–H groups in total. The summed E-state index contributed by atoms with van der Waals surface area (Å²) >= 11 is 0. The largest absolute Gasteiger partial charge is 0.364 e. The van der Waals surface area contributed by atoms with Crippen LogP contribution in [-0.4, -0.2) is 47.0 Å². The molecule has 3 rings (SSSR count). The lowest BCUT2D eigenvalue weighted by molar-refractivity contribution is -0.133. The van der Waals surface area contributed by atoms with Crippen LogP contribution in [0.2, 0.25) is 0 Å². The highest BCUT2D eigenvalue weighted by Gasteiger charge is 2.23. The second kappa shape index (κ2) is 5.10. The molecule has 0 unspecified atom stereocenters. The van der Waals surface area contributed by atoms with Crippen LogP contribution >= 0.6 is 0 Å². The molecule has 0 radical (unpaired) electrons. The minimum atomic E-state index is 0.273. The highest BCUT2D eigenvalue weighted by molar-refractivity contribution is 5.78. The second-order valence-corrected chi connectivity index (χ2v) is 5.19. The number of carbonyl (C=O) groups is 1. The summed E-state index contributed by atoms with van der Waals surface area (Å²) in [5.41, 5.74) is 2.18. The Hall–Kier alpha value is -1.36. The van der Waals surface area contributed by atoms with Crippen molar-refractivity contribution < 1.29 is 9.32 Å². The lowest BCUT2D eigenvalue weighted by atomic mass is 10.1. The van der Waals surface area contributed by atoms with Crippen LogP contribution in [0, 0.1) is 0 Å². The van der Waals surface area contributed by atoms with Crippen LogP contribution in [0.1, 0.15) is 30.5 Å². The molecule has 2 aliphatic heterocycles. The molecule has 2 aliphatic rings. The summed E-state index contributed by atoms with van der Waals surface area (Å²) < 4.78 is 4.97. The van der Waals surface area contributed by atoms with Gasteiger partial charge >= 0.3 is 0 Å². The molecule has 1 amide bonds. The third-order valence-electron chi connectivity index (χ3n) is 3.85. The van der Waals surface area contributed by atoms with E-state index in [9.17, 15) is 4.79 Å². The van der Waals surface area contributed by atoms with Crippen LogP contribution < -0.4 is 0 Å². The fourth-order valence-corrected chi connectivity index (χ4v) is 2.77. The Morgan fingerprint density at radius 3 is 2.94 bits per heavy atom. The molecule has 1 saturated heterocycles. The Labute approximate surface area is 107 Å². The van der Waals surface area contributed by atoms with Crippen LogP contribution in [0.3, 0.4) is 0 Å². The normalized spacial score (nSPS) is 20.8. The average Bonchev–Trinajstić information content (AvgIpc) is 2.87. The Balaban J connectivity index is 1.56. The van der Waals surface area contributed by atoms with Gasteiger partial charge in [-0.15, -0.1) is 0 Å². The van der Waals surface area contributed by atoms with Crippen molar-refractivity contribution in [2.45, 2.75) is 32.2 Å². The number of piperidine rings is 1. The minimum absolute atomic E-state index is 0.273. The van der Waals surface area contributed by atoms with Gasteiger partial charge in [0.2, 0.25) is 5.91 Å². The quantitative estimate of drug-likeness (QED) is 0.786.